The highest BCUT2D eigenvalue weighted by Crippen LogP contribution is 2.48. The molecular weight excluding hydrogens is 642 g/mol. The van der Waals surface area contributed by atoms with Crippen LogP contribution in [-0.4, -0.2) is 71.5 Å². The smallest absolute Gasteiger partial charge is 0.270 e. The molecule has 5 atom stereocenters. The quantitative estimate of drug-likeness (QED) is 0.176. The number of benzene rings is 2. The van der Waals surface area contributed by atoms with E-state index < -0.39 is 29.2 Å². The predicted molar refractivity (Wildman–Crippen MR) is 186 cm³/mol. The number of amides is 3. The molecule has 11 nitrogen and oxygen atoms in total. The van der Waals surface area contributed by atoms with Gasteiger partial charge >= 0.3 is 0 Å². The number of fused-ring (bicyclic) bond motifs is 2. The largest absolute Gasteiger partial charge is 0.493 e. The number of carbonyl (C=O) groups excluding carboxylic acids is 3. The van der Waals surface area contributed by atoms with Crippen LogP contribution in [0.1, 0.15) is 79.4 Å². The van der Waals surface area contributed by atoms with Crippen LogP contribution in [0.4, 0.5) is 4.39 Å². The summed E-state index contributed by atoms with van der Waals surface area (Å²) in [5.41, 5.74) is 4.33. The summed E-state index contributed by atoms with van der Waals surface area (Å²) in [7, 11) is 2.05. The maximum Gasteiger partial charge on any atom is 0.270 e. The summed E-state index contributed by atoms with van der Waals surface area (Å²) >= 11 is 0. The lowest BCUT2D eigenvalue weighted by Gasteiger charge is -2.46. The van der Waals surface area contributed by atoms with Gasteiger partial charge in [0.1, 0.15) is 35.2 Å². The predicted octanol–water partition coefficient (Wildman–Crippen LogP) is 3.95. The molecule has 2 aromatic carbocycles. The van der Waals surface area contributed by atoms with Crippen molar-refractivity contribution in [1.29, 1.82) is 0 Å². The maximum absolute atomic E-state index is 14.9. The number of likely N-dealkylation sites (N-methyl/N-ethyl adjacent to an activating group) is 1. The number of hydrogen-bond donors (Lipinski definition) is 4. The minimum Gasteiger partial charge on any atom is -0.493 e. The lowest BCUT2D eigenvalue weighted by Crippen LogP contribution is -2.53. The van der Waals surface area contributed by atoms with Gasteiger partial charge in [0.15, 0.2) is 0 Å². The highest BCUT2D eigenvalue weighted by molar-refractivity contribution is 6.47. The van der Waals surface area contributed by atoms with Crippen LogP contribution in [-0.2, 0) is 22.1 Å². The molecule has 3 amide bonds. The van der Waals surface area contributed by atoms with E-state index >= 15 is 0 Å². The molecule has 2 unspecified atom stereocenters. The van der Waals surface area contributed by atoms with Crippen molar-refractivity contribution in [1.82, 2.24) is 35.7 Å². The van der Waals surface area contributed by atoms with Crippen LogP contribution in [0.2, 0.25) is 6.55 Å². The molecule has 1 saturated carbocycles. The van der Waals surface area contributed by atoms with Gasteiger partial charge in [0.05, 0.1) is 23.6 Å². The average Bonchev–Trinajstić information content (AvgIpc) is 3.69. The summed E-state index contributed by atoms with van der Waals surface area (Å²) in [6.07, 6.45) is 4.44. The number of nitrogens with zero attached hydrogens (tertiary/aromatic N) is 3. The van der Waals surface area contributed by atoms with E-state index in [4.69, 9.17) is 9.72 Å². The molecular formula is C36H43FN7O4Si. The van der Waals surface area contributed by atoms with Gasteiger partial charge in [-0.25, -0.2) is 9.37 Å². The first kappa shape index (κ1) is 34.2. The Morgan fingerprint density at radius 1 is 1.16 bits per heavy atom. The van der Waals surface area contributed by atoms with Crippen molar-refractivity contribution in [3.05, 3.63) is 77.1 Å². The van der Waals surface area contributed by atoms with Crippen LogP contribution in [0.3, 0.4) is 0 Å². The van der Waals surface area contributed by atoms with Gasteiger partial charge in [-0.2, -0.15) is 5.10 Å². The number of hydrogen-bond acceptors (Lipinski definition) is 6. The van der Waals surface area contributed by atoms with Gasteiger partial charge < -0.3 is 25.7 Å². The molecule has 257 valence electrons. The third-order valence-electron chi connectivity index (χ3n) is 10.1. The molecule has 1 radical (unpaired) electrons. The van der Waals surface area contributed by atoms with E-state index in [1.807, 2.05) is 45.5 Å². The number of aromatic nitrogens is 4. The number of ether oxygens (including phenoxy) is 1. The third kappa shape index (κ3) is 6.43. The van der Waals surface area contributed by atoms with E-state index in [0.717, 1.165) is 24.8 Å². The topological polar surface area (TPSA) is 143 Å². The molecule has 1 fully saturated rings. The highest BCUT2D eigenvalue weighted by atomic mass is 28.2. The summed E-state index contributed by atoms with van der Waals surface area (Å²) < 4.78 is 22.5. The molecule has 0 bridgehead atoms. The Hall–Kier alpha value is -4.65. The number of halogens is 1. The monoisotopic (exact) mass is 684 g/mol. The summed E-state index contributed by atoms with van der Waals surface area (Å²) in [5.74, 6) is -0.672. The molecule has 0 saturated heterocycles. The van der Waals surface area contributed by atoms with Crippen molar-refractivity contribution >= 4 is 43.6 Å². The molecule has 2 aromatic heterocycles. The van der Waals surface area contributed by atoms with Crippen LogP contribution in [0.5, 0.6) is 5.75 Å². The molecule has 13 heteroatoms. The Morgan fingerprint density at radius 3 is 2.63 bits per heavy atom. The van der Waals surface area contributed by atoms with E-state index in [1.165, 1.54) is 16.8 Å². The summed E-state index contributed by atoms with van der Waals surface area (Å²) in [6, 6.07) is 10.4. The van der Waals surface area contributed by atoms with Crippen molar-refractivity contribution < 1.29 is 23.5 Å². The van der Waals surface area contributed by atoms with E-state index in [2.05, 4.69) is 31.7 Å². The number of H-pyrrole nitrogens is 1. The SMILES string of the molecule is CCNC(=O)[C@H](NC(=O)C(C)c1ccc2nc([C@@H](NC(=O)c3ccnn3C)[C@]3(/C=[Si]/C)c4cc(F)ccc4OCC3C)[nH]c2c1)C1CCC1. The van der Waals surface area contributed by atoms with Gasteiger partial charge in [-0.3, -0.25) is 19.1 Å². The van der Waals surface area contributed by atoms with Crippen molar-refractivity contribution in [3.8, 4) is 5.75 Å². The second kappa shape index (κ2) is 14.1. The Morgan fingerprint density at radius 2 is 1.96 bits per heavy atom. The molecule has 4 N–H and O–H groups in total. The van der Waals surface area contributed by atoms with E-state index in [0.29, 0.717) is 56.1 Å². The van der Waals surface area contributed by atoms with E-state index in [-0.39, 0.29) is 29.6 Å². The lowest BCUT2D eigenvalue weighted by molar-refractivity contribution is -0.131. The average molecular weight is 685 g/mol. The minimum atomic E-state index is -0.892. The summed E-state index contributed by atoms with van der Waals surface area (Å²) in [6.45, 7) is 8.62. The lowest BCUT2D eigenvalue weighted by atomic mass is 9.65. The van der Waals surface area contributed by atoms with Crippen molar-refractivity contribution in [3.63, 3.8) is 0 Å². The van der Waals surface area contributed by atoms with Gasteiger partial charge in [-0.15, -0.1) is 0 Å². The van der Waals surface area contributed by atoms with Crippen LogP contribution >= 0.6 is 0 Å². The van der Waals surface area contributed by atoms with Gasteiger partial charge in [-0.1, -0.05) is 31.6 Å². The minimum absolute atomic E-state index is 0.137. The first-order valence-corrected chi connectivity index (χ1v) is 18.5. The Bertz CT molecular complexity index is 1900. The second-order valence-electron chi connectivity index (χ2n) is 13.2. The fraction of sp³-hybridized carbons (Fsp3) is 0.444. The Kier molecular flexibility index (Phi) is 9.82. The first-order chi connectivity index (χ1) is 23.6. The number of aromatic amines is 1. The van der Waals surface area contributed by atoms with Gasteiger partial charge in [0.2, 0.25) is 11.8 Å². The van der Waals surface area contributed by atoms with E-state index in [9.17, 15) is 18.8 Å². The van der Waals surface area contributed by atoms with Gasteiger partial charge in [0.25, 0.3) is 5.91 Å². The molecule has 2 aliphatic rings. The number of carbonyl (C=O) groups is 3. The van der Waals surface area contributed by atoms with Crippen LogP contribution in [0.15, 0.2) is 48.7 Å². The molecule has 3 heterocycles. The molecule has 0 spiro atoms. The standard InChI is InChI=1S/C36H43FN7O4Si/c1-6-38-35(47)30(22-8-7-9-22)42-33(45)21(3)23-10-12-26-27(16-23)41-32(40-26)31(43-34(46)28-14-15-39-44(28)4)36(19-49-5)20(2)18-48-29-13-11-24(37)17-25(29)36/h10-17,19-22,30-31H,6-9,18H2,1-5H3,(H,38,47)(H,40,41)(H,42,45)(H,43,46)/t20?,21?,30-,31-,36+/m1/s1. The fourth-order valence-corrected chi connectivity index (χ4v) is 8.20. The molecule has 6 rings (SSSR count). The van der Waals surface area contributed by atoms with Gasteiger partial charge in [0, 0.05) is 45.8 Å². The van der Waals surface area contributed by atoms with Crippen molar-refractivity contribution in [2.75, 3.05) is 13.2 Å². The number of rotatable bonds is 11. The number of nitrogens with one attached hydrogen (secondary N) is 4. The van der Waals surface area contributed by atoms with Crippen molar-refractivity contribution in [2.45, 2.75) is 70.0 Å². The highest BCUT2D eigenvalue weighted by Gasteiger charge is 2.50. The fourth-order valence-electron chi connectivity index (χ4n) is 7.12. The zero-order chi connectivity index (χ0) is 34.9. The first-order valence-electron chi connectivity index (χ1n) is 16.9. The zero-order valence-corrected chi connectivity index (χ0v) is 29.5. The van der Waals surface area contributed by atoms with Gasteiger partial charge in [-0.05, 0) is 74.6 Å². The molecule has 1 aliphatic carbocycles. The van der Waals surface area contributed by atoms with E-state index in [1.54, 1.807) is 25.4 Å². The normalized spacial score (nSPS) is 20.9. The Labute approximate surface area is 287 Å². The molecule has 49 heavy (non-hydrogen) atoms. The second-order valence-corrected chi connectivity index (χ2v) is 14.0. The molecule has 1 aliphatic heterocycles. The summed E-state index contributed by atoms with van der Waals surface area (Å²) in [5, 5.41) is 13.3. The van der Waals surface area contributed by atoms with Crippen LogP contribution in [0.25, 0.3) is 11.0 Å². The van der Waals surface area contributed by atoms with Crippen molar-refractivity contribution in [2.24, 2.45) is 18.9 Å². The number of aryl methyl sites for hydroxylation is 1. The third-order valence-corrected chi connectivity index (χ3v) is 10.9. The summed E-state index contributed by atoms with van der Waals surface area (Å²) in [4.78, 5) is 48.6. The maximum atomic E-state index is 14.9. The number of imidazole rings is 1. The van der Waals surface area contributed by atoms with Crippen LogP contribution < -0.4 is 20.7 Å². The molecule has 4 aromatic rings. The zero-order valence-electron chi connectivity index (χ0n) is 28.5. The Balaban J connectivity index is 1.39. The van der Waals surface area contributed by atoms with Crippen LogP contribution in [0, 0.1) is 17.7 Å².